The Morgan fingerprint density at radius 2 is 2.25 bits per heavy atom. The first-order valence-corrected chi connectivity index (χ1v) is 2.61. The predicted octanol–water partition coefficient (Wildman–Crippen LogP) is 0.451. The third-order valence-electron chi connectivity index (χ3n) is 1.10. The molecule has 8 heavy (non-hydrogen) atoms. The van der Waals surface area contributed by atoms with Crippen molar-refractivity contribution in [1.29, 1.82) is 0 Å². The maximum atomic E-state index is 10.5. The zero-order valence-corrected chi connectivity index (χ0v) is 5.06. The smallest absolute Gasteiger partial charge is 0.244 e. The van der Waals surface area contributed by atoms with Crippen LogP contribution in [0.3, 0.4) is 0 Å². The Labute approximate surface area is 48.6 Å². The van der Waals surface area contributed by atoms with E-state index in [4.69, 9.17) is 0 Å². The standard InChI is InChI=1S/C6H9NO/c1-6(2)4-3-5(8)7-6/h3-4H,1-2H3,(H,7,8). The lowest BCUT2D eigenvalue weighted by Gasteiger charge is -2.14. The Morgan fingerprint density at radius 3 is 2.38 bits per heavy atom. The summed E-state index contributed by atoms with van der Waals surface area (Å²) in [6.45, 7) is 3.91. The zero-order chi connectivity index (χ0) is 6.20. The van der Waals surface area contributed by atoms with E-state index in [1.807, 2.05) is 19.9 Å². The van der Waals surface area contributed by atoms with Crippen molar-refractivity contribution in [3.63, 3.8) is 0 Å². The van der Waals surface area contributed by atoms with Gasteiger partial charge >= 0.3 is 0 Å². The molecule has 0 saturated heterocycles. The molecule has 0 aromatic carbocycles. The van der Waals surface area contributed by atoms with Gasteiger partial charge in [-0.1, -0.05) is 6.08 Å². The molecule has 1 aliphatic rings. The van der Waals surface area contributed by atoms with Crippen molar-refractivity contribution in [2.24, 2.45) is 0 Å². The van der Waals surface area contributed by atoms with E-state index < -0.39 is 0 Å². The van der Waals surface area contributed by atoms with Gasteiger partial charge in [0.2, 0.25) is 5.91 Å². The van der Waals surface area contributed by atoms with Gasteiger partial charge in [0.1, 0.15) is 0 Å². The molecule has 0 aromatic heterocycles. The highest BCUT2D eigenvalue weighted by Gasteiger charge is 2.20. The topological polar surface area (TPSA) is 29.1 Å². The molecule has 0 atom stereocenters. The molecular weight excluding hydrogens is 102 g/mol. The summed E-state index contributed by atoms with van der Waals surface area (Å²) in [4.78, 5) is 10.5. The first kappa shape index (κ1) is 5.35. The van der Waals surface area contributed by atoms with E-state index in [9.17, 15) is 4.79 Å². The van der Waals surface area contributed by atoms with E-state index in [2.05, 4.69) is 5.32 Å². The first-order chi connectivity index (χ1) is 3.60. The zero-order valence-electron chi connectivity index (χ0n) is 5.06. The minimum absolute atomic E-state index is 0.00926. The summed E-state index contributed by atoms with van der Waals surface area (Å²) in [7, 11) is 0. The number of hydrogen-bond acceptors (Lipinski definition) is 1. The number of rotatable bonds is 0. The summed E-state index contributed by atoms with van der Waals surface area (Å²) >= 11 is 0. The Bertz CT molecular complexity index is 147. The molecule has 0 spiro atoms. The molecule has 0 radical (unpaired) electrons. The number of nitrogens with one attached hydrogen (secondary N) is 1. The van der Waals surface area contributed by atoms with Gasteiger partial charge in [-0.05, 0) is 13.8 Å². The van der Waals surface area contributed by atoms with E-state index in [1.54, 1.807) is 6.08 Å². The minimum atomic E-state index is -0.114. The van der Waals surface area contributed by atoms with Crippen LogP contribution in [-0.2, 0) is 4.79 Å². The lowest BCUT2D eigenvalue weighted by molar-refractivity contribution is -0.116. The molecule has 0 fully saturated rings. The second-order valence-corrected chi connectivity index (χ2v) is 2.54. The lowest BCUT2D eigenvalue weighted by Crippen LogP contribution is -2.35. The second kappa shape index (κ2) is 1.34. The van der Waals surface area contributed by atoms with Gasteiger partial charge in [0, 0.05) is 6.08 Å². The molecule has 0 aromatic rings. The fourth-order valence-corrected chi connectivity index (χ4v) is 0.685. The molecule has 0 aliphatic carbocycles. The average Bonchev–Trinajstić information content (AvgIpc) is 1.82. The minimum Gasteiger partial charge on any atom is -0.344 e. The van der Waals surface area contributed by atoms with Gasteiger partial charge in [-0.25, -0.2) is 0 Å². The number of hydrogen-bond donors (Lipinski definition) is 1. The van der Waals surface area contributed by atoms with Crippen LogP contribution in [0.1, 0.15) is 13.8 Å². The van der Waals surface area contributed by atoms with Crippen LogP contribution in [0.5, 0.6) is 0 Å². The average molecular weight is 111 g/mol. The molecule has 2 nitrogen and oxygen atoms in total. The highest BCUT2D eigenvalue weighted by Crippen LogP contribution is 2.08. The van der Waals surface area contributed by atoms with E-state index in [0.717, 1.165) is 0 Å². The van der Waals surface area contributed by atoms with E-state index in [-0.39, 0.29) is 11.4 Å². The number of carbonyl (C=O) groups excluding carboxylic acids is 1. The summed E-state index contributed by atoms with van der Waals surface area (Å²) in [5, 5.41) is 2.74. The van der Waals surface area contributed by atoms with Crippen molar-refractivity contribution in [2.45, 2.75) is 19.4 Å². The summed E-state index contributed by atoms with van der Waals surface area (Å²) in [5.41, 5.74) is -0.114. The number of carbonyl (C=O) groups is 1. The highest BCUT2D eigenvalue weighted by molar-refractivity contribution is 5.91. The van der Waals surface area contributed by atoms with E-state index in [1.165, 1.54) is 0 Å². The van der Waals surface area contributed by atoms with Crippen LogP contribution in [0.25, 0.3) is 0 Å². The maximum absolute atomic E-state index is 10.5. The first-order valence-electron chi connectivity index (χ1n) is 2.61. The molecular formula is C6H9NO. The third-order valence-corrected chi connectivity index (χ3v) is 1.10. The van der Waals surface area contributed by atoms with Gasteiger partial charge in [-0.15, -0.1) is 0 Å². The van der Waals surface area contributed by atoms with Crippen LogP contribution in [0.2, 0.25) is 0 Å². The largest absolute Gasteiger partial charge is 0.344 e. The number of amides is 1. The van der Waals surface area contributed by atoms with Crippen LogP contribution in [0, 0.1) is 0 Å². The van der Waals surface area contributed by atoms with E-state index >= 15 is 0 Å². The molecule has 1 aliphatic heterocycles. The molecule has 1 heterocycles. The van der Waals surface area contributed by atoms with Crippen molar-refractivity contribution >= 4 is 5.91 Å². The van der Waals surface area contributed by atoms with Gasteiger partial charge in [0.05, 0.1) is 5.54 Å². The Hall–Kier alpha value is -0.790. The fourth-order valence-electron chi connectivity index (χ4n) is 0.685. The molecule has 44 valence electrons. The van der Waals surface area contributed by atoms with Crippen molar-refractivity contribution in [1.82, 2.24) is 5.32 Å². The van der Waals surface area contributed by atoms with Crippen molar-refractivity contribution in [3.8, 4) is 0 Å². The summed E-state index contributed by atoms with van der Waals surface area (Å²) in [5.74, 6) is 0.00926. The normalized spacial score (nSPS) is 23.5. The molecule has 1 rings (SSSR count). The van der Waals surface area contributed by atoms with Gasteiger partial charge in [-0.3, -0.25) is 4.79 Å². The Morgan fingerprint density at radius 1 is 1.62 bits per heavy atom. The van der Waals surface area contributed by atoms with Crippen molar-refractivity contribution in [3.05, 3.63) is 12.2 Å². The van der Waals surface area contributed by atoms with Crippen LogP contribution in [-0.4, -0.2) is 11.4 Å². The quantitative estimate of drug-likeness (QED) is 0.483. The Kier molecular flexibility index (Phi) is 0.897. The van der Waals surface area contributed by atoms with E-state index in [0.29, 0.717) is 0 Å². The highest BCUT2D eigenvalue weighted by atomic mass is 16.1. The Balaban J connectivity index is 2.72. The summed E-state index contributed by atoms with van der Waals surface area (Å²) < 4.78 is 0. The van der Waals surface area contributed by atoms with Gasteiger partial charge in [-0.2, -0.15) is 0 Å². The molecule has 1 N–H and O–H groups in total. The van der Waals surface area contributed by atoms with Crippen molar-refractivity contribution < 1.29 is 4.79 Å². The summed E-state index contributed by atoms with van der Waals surface area (Å²) in [6, 6.07) is 0. The summed E-state index contributed by atoms with van der Waals surface area (Å²) in [6.07, 6.45) is 3.41. The molecule has 0 bridgehead atoms. The van der Waals surface area contributed by atoms with Crippen LogP contribution < -0.4 is 5.32 Å². The van der Waals surface area contributed by atoms with Crippen molar-refractivity contribution in [2.75, 3.05) is 0 Å². The molecule has 2 heteroatoms. The maximum Gasteiger partial charge on any atom is 0.244 e. The van der Waals surface area contributed by atoms with Gasteiger partial charge in [0.25, 0.3) is 0 Å². The van der Waals surface area contributed by atoms with Gasteiger partial charge in [0.15, 0.2) is 0 Å². The molecule has 1 amide bonds. The van der Waals surface area contributed by atoms with Gasteiger partial charge < -0.3 is 5.32 Å². The van der Waals surface area contributed by atoms with Crippen LogP contribution in [0.15, 0.2) is 12.2 Å². The SMILES string of the molecule is CC1(C)C=CC(=O)N1. The third kappa shape index (κ3) is 0.886. The predicted molar refractivity (Wildman–Crippen MR) is 31.4 cm³/mol. The fraction of sp³-hybridized carbons (Fsp3) is 0.500. The molecule has 0 unspecified atom stereocenters. The molecule has 0 saturated carbocycles. The van der Waals surface area contributed by atoms with Crippen LogP contribution in [0.4, 0.5) is 0 Å². The monoisotopic (exact) mass is 111 g/mol. The van der Waals surface area contributed by atoms with Crippen LogP contribution >= 0.6 is 0 Å². The lowest BCUT2D eigenvalue weighted by atomic mass is 10.1. The second-order valence-electron chi connectivity index (χ2n) is 2.54.